The van der Waals surface area contributed by atoms with E-state index in [0.717, 1.165) is 15.7 Å². The zero-order valence-corrected chi connectivity index (χ0v) is 16.8. The summed E-state index contributed by atoms with van der Waals surface area (Å²) in [6, 6.07) is 19.6. The molecule has 0 unspecified atom stereocenters. The molecule has 1 aromatic heterocycles. The molecule has 0 fully saturated rings. The van der Waals surface area contributed by atoms with E-state index in [1.54, 1.807) is 54.6 Å². The van der Waals surface area contributed by atoms with Crippen LogP contribution in [-0.4, -0.2) is 21.6 Å². The maximum atomic E-state index is 15.0. The Hall–Kier alpha value is -3.61. The first kappa shape index (κ1) is 19.4. The molecular weight excluding hydrogens is 403 g/mol. The van der Waals surface area contributed by atoms with Gasteiger partial charge in [0.25, 0.3) is 0 Å². The van der Waals surface area contributed by atoms with Gasteiger partial charge in [0, 0.05) is 11.1 Å². The van der Waals surface area contributed by atoms with Crippen molar-refractivity contribution in [2.45, 2.75) is 25.7 Å². The third-order valence-corrected chi connectivity index (χ3v) is 5.61. The Kier molecular flexibility index (Phi) is 4.18. The molecule has 0 radical (unpaired) electrons. The van der Waals surface area contributed by atoms with Gasteiger partial charge in [-0.05, 0) is 49.2 Å². The molecule has 156 valence electrons. The zero-order chi connectivity index (χ0) is 21.8. The van der Waals surface area contributed by atoms with E-state index >= 15 is 0 Å². The van der Waals surface area contributed by atoms with Crippen LogP contribution in [0.5, 0.6) is 0 Å². The number of imidazole rings is 1. The van der Waals surface area contributed by atoms with E-state index in [-0.39, 0.29) is 17.4 Å². The third kappa shape index (κ3) is 2.84. The first-order valence-corrected chi connectivity index (χ1v) is 9.77. The number of ether oxygens (including phenoxy) is 1. The van der Waals surface area contributed by atoms with Crippen molar-refractivity contribution >= 4 is 22.9 Å². The van der Waals surface area contributed by atoms with Crippen LogP contribution in [0.15, 0.2) is 77.8 Å². The summed E-state index contributed by atoms with van der Waals surface area (Å²) >= 11 is 0. The number of para-hydroxylation sites is 2. The number of hydrogen-bond acceptors (Lipinski definition) is 3. The first-order valence-electron chi connectivity index (χ1n) is 9.77. The molecule has 2 heterocycles. The number of nitrogens with zero attached hydrogens (tertiary/aromatic N) is 3. The van der Waals surface area contributed by atoms with E-state index in [0.29, 0.717) is 16.6 Å². The lowest BCUT2D eigenvalue weighted by molar-refractivity contribution is -0.271. The summed E-state index contributed by atoms with van der Waals surface area (Å²) in [5.74, 6) is -0.172. The summed E-state index contributed by atoms with van der Waals surface area (Å²) in [6.07, 6.45) is -4.80. The van der Waals surface area contributed by atoms with Crippen LogP contribution >= 0.6 is 0 Å². The van der Waals surface area contributed by atoms with Gasteiger partial charge < -0.3 is 4.74 Å². The van der Waals surface area contributed by atoms with Crippen LogP contribution < -0.4 is 0 Å². The number of halogens is 3. The van der Waals surface area contributed by atoms with Gasteiger partial charge in [-0.25, -0.2) is 4.98 Å². The zero-order valence-electron chi connectivity index (χ0n) is 16.8. The lowest BCUT2D eigenvalue weighted by Crippen LogP contribution is -2.53. The molecule has 0 saturated heterocycles. The van der Waals surface area contributed by atoms with Crippen LogP contribution in [0, 0.1) is 13.8 Å². The highest BCUT2D eigenvalue weighted by molar-refractivity contribution is 5.97. The van der Waals surface area contributed by atoms with Gasteiger partial charge in [-0.1, -0.05) is 48.5 Å². The second-order valence-electron chi connectivity index (χ2n) is 7.56. The second kappa shape index (κ2) is 6.70. The molecular formula is C24H18F3N3O. The van der Waals surface area contributed by atoms with E-state index < -0.39 is 11.9 Å². The fourth-order valence-electron chi connectivity index (χ4n) is 3.90. The number of aromatic nitrogens is 2. The normalized spacial score (nSPS) is 18.4. The Morgan fingerprint density at radius 3 is 2.29 bits per heavy atom. The number of alkyl halides is 3. The lowest BCUT2D eigenvalue weighted by Gasteiger charge is -2.40. The summed E-state index contributed by atoms with van der Waals surface area (Å²) in [5.41, 5.74) is 0.263. The Balaban J connectivity index is 1.87. The van der Waals surface area contributed by atoms with Crippen LogP contribution in [0.3, 0.4) is 0 Å². The van der Waals surface area contributed by atoms with Gasteiger partial charge in [0.2, 0.25) is 11.8 Å². The molecule has 0 spiro atoms. The molecule has 7 heteroatoms. The van der Waals surface area contributed by atoms with Crippen molar-refractivity contribution in [1.82, 2.24) is 9.55 Å². The molecule has 0 amide bonds. The highest BCUT2D eigenvalue weighted by Crippen LogP contribution is 2.49. The van der Waals surface area contributed by atoms with E-state index in [9.17, 15) is 13.2 Å². The number of benzene rings is 3. The molecule has 1 aliphatic rings. The van der Waals surface area contributed by atoms with Crippen molar-refractivity contribution in [2.24, 2.45) is 4.99 Å². The van der Waals surface area contributed by atoms with Gasteiger partial charge in [-0.15, -0.1) is 0 Å². The van der Waals surface area contributed by atoms with Gasteiger partial charge in [0.15, 0.2) is 0 Å². The maximum absolute atomic E-state index is 15.0. The SMILES string of the molecule is Cc1ccc(C2=Nc3nc4ccccc4n3[C@@](c3ccccc3)(C(F)(F)F)O2)cc1C. The molecule has 1 aliphatic heterocycles. The van der Waals surface area contributed by atoms with Crippen molar-refractivity contribution in [3.05, 3.63) is 95.1 Å². The largest absolute Gasteiger partial charge is 0.454 e. The Morgan fingerprint density at radius 1 is 0.871 bits per heavy atom. The molecule has 0 aliphatic carbocycles. The fraction of sp³-hybridized carbons (Fsp3) is 0.167. The predicted molar refractivity (Wildman–Crippen MR) is 113 cm³/mol. The second-order valence-corrected chi connectivity index (χ2v) is 7.56. The summed E-state index contributed by atoms with van der Waals surface area (Å²) in [6.45, 7) is 3.83. The molecule has 5 rings (SSSR count). The Morgan fingerprint density at radius 2 is 1.58 bits per heavy atom. The van der Waals surface area contributed by atoms with E-state index in [1.807, 2.05) is 19.9 Å². The van der Waals surface area contributed by atoms with E-state index in [4.69, 9.17) is 4.74 Å². The van der Waals surface area contributed by atoms with Gasteiger partial charge in [-0.3, -0.25) is 4.57 Å². The number of aryl methyl sites for hydroxylation is 2. The third-order valence-electron chi connectivity index (χ3n) is 5.61. The monoisotopic (exact) mass is 421 g/mol. The molecule has 31 heavy (non-hydrogen) atoms. The molecule has 0 N–H and O–H groups in total. The molecule has 4 aromatic rings. The predicted octanol–water partition coefficient (Wildman–Crippen LogP) is 6.03. The summed E-state index contributed by atoms with van der Waals surface area (Å²) in [5, 5.41) is 0. The van der Waals surface area contributed by atoms with Gasteiger partial charge in [0.05, 0.1) is 11.0 Å². The fourth-order valence-corrected chi connectivity index (χ4v) is 3.90. The number of hydrogen-bond donors (Lipinski definition) is 0. The number of aliphatic imine (C=N–C) groups is 1. The van der Waals surface area contributed by atoms with E-state index in [1.165, 1.54) is 12.1 Å². The quantitative estimate of drug-likeness (QED) is 0.397. The minimum Gasteiger partial charge on any atom is -0.436 e. The Bertz CT molecular complexity index is 1330. The summed E-state index contributed by atoms with van der Waals surface area (Å²) < 4.78 is 51.8. The molecule has 1 atom stereocenters. The van der Waals surface area contributed by atoms with Crippen LogP contribution in [-0.2, 0) is 10.5 Å². The van der Waals surface area contributed by atoms with Crippen LogP contribution in [0.1, 0.15) is 22.3 Å². The number of fused-ring (bicyclic) bond motifs is 3. The van der Waals surface area contributed by atoms with Gasteiger partial charge in [0.1, 0.15) is 0 Å². The highest BCUT2D eigenvalue weighted by atomic mass is 19.4. The van der Waals surface area contributed by atoms with Crippen LogP contribution in [0.2, 0.25) is 0 Å². The Labute approximate surface area is 176 Å². The molecule has 0 bridgehead atoms. The average Bonchev–Trinajstić information content (AvgIpc) is 3.13. The topological polar surface area (TPSA) is 39.4 Å². The lowest BCUT2D eigenvalue weighted by atomic mass is 9.99. The van der Waals surface area contributed by atoms with Gasteiger partial charge in [-0.2, -0.15) is 18.2 Å². The van der Waals surface area contributed by atoms with Crippen LogP contribution in [0.4, 0.5) is 19.1 Å². The maximum Gasteiger partial charge on any atom is 0.454 e. The van der Waals surface area contributed by atoms with Crippen LogP contribution in [0.25, 0.3) is 11.0 Å². The van der Waals surface area contributed by atoms with Crippen molar-refractivity contribution in [2.75, 3.05) is 0 Å². The van der Waals surface area contributed by atoms with Crippen molar-refractivity contribution < 1.29 is 17.9 Å². The first-order chi connectivity index (χ1) is 14.8. The van der Waals surface area contributed by atoms with Crippen molar-refractivity contribution in [1.29, 1.82) is 0 Å². The van der Waals surface area contributed by atoms with Crippen molar-refractivity contribution in [3.63, 3.8) is 0 Å². The summed E-state index contributed by atoms with van der Waals surface area (Å²) in [7, 11) is 0. The highest BCUT2D eigenvalue weighted by Gasteiger charge is 2.63. The average molecular weight is 421 g/mol. The van der Waals surface area contributed by atoms with Gasteiger partial charge >= 0.3 is 11.9 Å². The minimum atomic E-state index is -4.80. The molecule has 0 saturated carbocycles. The summed E-state index contributed by atoms with van der Waals surface area (Å²) in [4.78, 5) is 8.80. The minimum absolute atomic E-state index is 0.0527. The molecule has 3 aromatic carbocycles. The number of rotatable bonds is 2. The standard InChI is InChI=1S/C24H18F3N3O/c1-15-12-13-17(14-16(15)2)21-29-22-28-19-10-6-7-11-20(19)30(22)23(31-21,24(25,26)27)18-8-4-3-5-9-18/h3-14H,1-2H3/t23-/m1/s1. The van der Waals surface area contributed by atoms with Crippen molar-refractivity contribution in [3.8, 4) is 0 Å². The van der Waals surface area contributed by atoms with E-state index in [2.05, 4.69) is 9.98 Å². The smallest absolute Gasteiger partial charge is 0.436 e. The molecule has 4 nitrogen and oxygen atoms in total.